The molecule has 0 bridgehead atoms. The maximum Gasteiger partial charge on any atom is 0.254 e. The van der Waals surface area contributed by atoms with Crippen molar-refractivity contribution in [3.63, 3.8) is 0 Å². The summed E-state index contributed by atoms with van der Waals surface area (Å²) in [6.07, 6.45) is 4.60. The number of halogens is 2. The normalized spacial score (nSPS) is 20.0. The fourth-order valence-electron chi connectivity index (χ4n) is 5.97. The summed E-state index contributed by atoms with van der Waals surface area (Å²) in [7, 11) is 1.80. The molecule has 2 heterocycles. The Morgan fingerprint density at radius 1 is 1.06 bits per heavy atom. The van der Waals surface area contributed by atoms with Gasteiger partial charge in [0.15, 0.2) is 0 Å². The second-order valence-electron chi connectivity index (χ2n) is 10.6. The molecule has 0 radical (unpaired) electrons. The smallest absolute Gasteiger partial charge is 0.254 e. The molecular weight excluding hydrogens is 460 g/mol. The van der Waals surface area contributed by atoms with Crippen LogP contribution < -0.4 is 0 Å². The van der Waals surface area contributed by atoms with Gasteiger partial charge in [-0.3, -0.25) is 9.69 Å². The van der Waals surface area contributed by atoms with E-state index in [1.807, 2.05) is 12.1 Å². The molecule has 1 atom stereocenters. The summed E-state index contributed by atoms with van der Waals surface area (Å²) >= 11 is 0. The van der Waals surface area contributed by atoms with Gasteiger partial charge in [0.1, 0.15) is 11.6 Å². The molecule has 5 rings (SSSR count). The Hall–Kier alpha value is -2.35. The van der Waals surface area contributed by atoms with E-state index in [2.05, 4.69) is 9.80 Å². The molecule has 0 unspecified atom stereocenters. The molecule has 0 aromatic heterocycles. The number of fused-ring (bicyclic) bond motifs is 1. The highest BCUT2D eigenvalue weighted by Gasteiger charge is 2.33. The Kier molecular flexibility index (Phi) is 7.99. The summed E-state index contributed by atoms with van der Waals surface area (Å²) < 4.78 is 33.5. The second-order valence-corrected chi connectivity index (χ2v) is 10.6. The lowest BCUT2D eigenvalue weighted by atomic mass is 9.87. The number of aryl methyl sites for hydroxylation is 1. The first kappa shape index (κ1) is 25.3. The molecular formula is C29H37F2N3O2. The van der Waals surface area contributed by atoms with Crippen molar-refractivity contribution in [2.45, 2.75) is 44.1 Å². The van der Waals surface area contributed by atoms with Crippen molar-refractivity contribution in [2.75, 3.05) is 59.5 Å². The van der Waals surface area contributed by atoms with E-state index in [1.54, 1.807) is 18.0 Å². The van der Waals surface area contributed by atoms with Gasteiger partial charge in [0.2, 0.25) is 0 Å². The third-order valence-electron chi connectivity index (χ3n) is 8.14. The van der Waals surface area contributed by atoms with Crippen LogP contribution in [0.15, 0.2) is 36.4 Å². The molecule has 1 amide bonds. The minimum absolute atomic E-state index is 0.0753. The monoisotopic (exact) mass is 497 g/mol. The van der Waals surface area contributed by atoms with Crippen molar-refractivity contribution in [3.05, 3.63) is 70.3 Å². The molecule has 0 saturated carbocycles. The first-order valence-corrected chi connectivity index (χ1v) is 13.3. The molecule has 2 aromatic carbocycles. The lowest BCUT2D eigenvalue weighted by Gasteiger charge is -2.47. The van der Waals surface area contributed by atoms with Crippen molar-refractivity contribution < 1.29 is 18.3 Å². The van der Waals surface area contributed by atoms with Crippen molar-refractivity contribution in [1.82, 2.24) is 14.7 Å². The van der Waals surface area contributed by atoms with Crippen molar-refractivity contribution in [1.29, 1.82) is 0 Å². The van der Waals surface area contributed by atoms with Crippen LogP contribution in [0, 0.1) is 11.6 Å². The van der Waals surface area contributed by atoms with Crippen LogP contribution in [0.2, 0.25) is 0 Å². The maximum atomic E-state index is 14.3. The van der Waals surface area contributed by atoms with Crippen LogP contribution in [-0.2, 0) is 17.6 Å². The van der Waals surface area contributed by atoms with E-state index in [0.29, 0.717) is 18.2 Å². The van der Waals surface area contributed by atoms with Gasteiger partial charge in [0, 0.05) is 57.3 Å². The number of amides is 1. The molecule has 2 saturated heterocycles. The predicted molar refractivity (Wildman–Crippen MR) is 136 cm³/mol. The zero-order chi connectivity index (χ0) is 25.1. The Morgan fingerprint density at radius 3 is 2.53 bits per heavy atom. The van der Waals surface area contributed by atoms with Gasteiger partial charge < -0.3 is 14.5 Å². The quantitative estimate of drug-likeness (QED) is 0.550. The average molecular weight is 498 g/mol. The molecule has 2 aliphatic heterocycles. The van der Waals surface area contributed by atoms with Gasteiger partial charge in [0.25, 0.3) is 5.91 Å². The van der Waals surface area contributed by atoms with E-state index < -0.39 is 0 Å². The molecule has 2 fully saturated rings. The number of likely N-dealkylation sites (N-methyl/N-ethyl adjacent to an activating group) is 1. The molecule has 0 spiro atoms. The fraction of sp³-hybridized carbons (Fsp3) is 0.552. The Morgan fingerprint density at radius 2 is 1.78 bits per heavy atom. The molecule has 5 nitrogen and oxygen atoms in total. The summed E-state index contributed by atoms with van der Waals surface area (Å²) in [6.45, 7) is 7.20. The number of morpholine rings is 1. The van der Waals surface area contributed by atoms with Crippen LogP contribution in [0.4, 0.5) is 8.78 Å². The van der Waals surface area contributed by atoms with Crippen LogP contribution in [0.5, 0.6) is 0 Å². The minimum atomic E-state index is -0.338. The standard InChI is InChI=1S/C29H37F2N3O2/c1-32(29(35)28-17-25(31)16-22-4-2-3-5-27(22)28)18-23(21-6-8-24(30)9-7-21)10-11-33-19-26(20-33)34-12-14-36-15-13-34/h6-9,16-17,23,26H,2-5,10-15,18-20H2,1H3/t23-/m1/s1. The number of benzene rings is 2. The van der Waals surface area contributed by atoms with Gasteiger partial charge in [-0.25, -0.2) is 8.78 Å². The molecule has 7 heteroatoms. The molecule has 194 valence electrons. The maximum absolute atomic E-state index is 14.3. The Labute approximate surface area is 213 Å². The number of rotatable bonds is 8. The van der Waals surface area contributed by atoms with Gasteiger partial charge in [-0.15, -0.1) is 0 Å². The van der Waals surface area contributed by atoms with Crippen LogP contribution in [0.3, 0.4) is 0 Å². The topological polar surface area (TPSA) is 36.0 Å². The zero-order valence-corrected chi connectivity index (χ0v) is 21.2. The Bertz CT molecular complexity index is 1050. The summed E-state index contributed by atoms with van der Waals surface area (Å²) in [5.41, 5.74) is 3.51. The van der Waals surface area contributed by atoms with Crippen LogP contribution in [0.25, 0.3) is 0 Å². The summed E-state index contributed by atoms with van der Waals surface area (Å²) in [5, 5.41) is 0. The highest BCUT2D eigenvalue weighted by atomic mass is 19.1. The molecule has 0 N–H and O–H groups in total. The highest BCUT2D eigenvalue weighted by molar-refractivity contribution is 5.96. The highest BCUT2D eigenvalue weighted by Crippen LogP contribution is 2.29. The van der Waals surface area contributed by atoms with E-state index in [9.17, 15) is 13.6 Å². The van der Waals surface area contributed by atoms with E-state index >= 15 is 0 Å². The number of carbonyl (C=O) groups excluding carboxylic acids is 1. The van der Waals surface area contributed by atoms with E-state index in [0.717, 1.165) is 94.7 Å². The van der Waals surface area contributed by atoms with Gasteiger partial charge in [-0.05, 0) is 79.6 Å². The van der Waals surface area contributed by atoms with Crippen LogP contribution >= 0.6 is 0 Å². The molecule has 1 aliphatic carbocycles. The third kappa shape index (κ3) is 5.79. The van der Waals surface area contributed by atoms with E-state index in [-0.39, 0.29) is 23.5 Å². The predicted octanol–water partition coefficient (Wildman–Crippen LogP) is 4.11. The number of hydrogen-bond donors (Lipinski definition) is 0. The number of nitrogens with zero attached hydrogens (tertiary/aromatic N) is 3. The fourth-order valence-corrected chi connectivity index (χ4v) is 5.97. The number of carbonyl (C=O) groups is 1. The molecule has 36 heavy (non-hydrogen) atoms. The lowest BCUT2D eigenvalue weighted by Crippen LogP contribution is -2.61. The summed E-state index contributed by atoms with van der Waals surface area (Å²) in [4.78, 5) is 20.2. The average Bonchev–Trinajstić information content (AvgIpc) is 2.87. The first-order valence-electron chi connectivity index (χ1n) is 13.3. The SMILES string of the molecule is CN(C[C@@H](CCN1CC(N2CCOCC2)C1)c1ccc(F)cc1)C(=O)c1cc(F)cc2c1CCCC2. The second kappa shape index (κ2) is 11.4. The third-order valence-corrected chi connectivity index (χ3v) is 8.14. The molecule has 3 aliphatic rings. The zero-order valence-electron chi connectivity index (χ0n) is 21.2. The van der Waals surface area contributed by atoms with Gasteiger partial charge in [-0.2, -0.15) is 0 Å². The number of ether oxygens (including phenoxy) is 1. The number of likely N-dealkylation sites (tertiary alicyclic amines) is 1. The lowest BCUT2D eigenvalue weighted by molar-refractivity contribution is -0.0326. The van der Waals surface area contributed by atoms with Crippen molar-refractivity contribution >= 4 is 5.91 Å². The first-order chi connectivity index (χ1) is 17.5. The van der Waals surface area contributed by atoms with Gasteiger partial charge >= 0.3 is 0 Å². The van der Waals surface area contributed by atoms with Crippen molar-refractivity contribution in [3.8, 4) is 0 Å². The van der Waals surface area contributed by atoms with E-state index in [4.69, 9.17) is 4.74 Å². The largest absolute Gasteiger partial charge is 0.379 e. The van der Waals surface area contributed by atoms with Gasteiger partial charge in [0.05, 0.1) is 13.2 Å². The minimum Gasteiger partial charge on any atom is -0.379 e. The summed E-state index contributed by atoms with van der Waals surface area (Å²) in [6, 6.07) is 10.2. The number of hydrogen-bond acceptors (Lipinski definition) is 4. The summed E-state index contributed by atoms with van der Waals surface area (Å²) in [5.74, 6) is -0.651. The van der Waals surface area contributed by atoms with Crippen molar-refractivity contribution in [2.24, 2.45) is 0 Å². The van der Waals surface area contributed by atoms with Crippen LogP contribution in [0.1, 0.15) is 52.2 Å². The van der Waals surface area contributed by atoms with Gasteiger partial charge in [-0.1, -0.05) is 12.1 Å². The Balaban J connectivity index is 1.25. The van der Waals surface area contributed by atoms with E-state index in [1.165, 1.54) is 18.2 Å². The van der Waals surface area contributed by atoms with Crippen LogP contribution in [-0.4, -0.2) is 86.2 Å². The molecule has 2 aromatic rings.